The number of aromatic amines is 1. The third kappa shape index (κ3) is 3.69. The second-order valence-corrected chi connectivity index (χ2v) is 5.95. The van der Waals surface area contributed by atoms with Gasteiger partial charge in [-0.15, -0.1) is 0 Å². The van der Waals surface area contributed by atoms with Gasteiger partial charge in [-0.1, -0.05) is 6.92 Å². The lowest BCUT2D eigenvalue weighted by Crippen LogP contribution is -2.34. The lowest BCUT2D eigenvalue weighted by molar-refractivity contribution is 0.451. The van der Waals surface area contributed by atoms with Crippen molar-refractivity contribution in [3.63, 3.8) is 0 Å². The zero-order chi connectivity index (χ0) is 16.2. The van der Waals surface area contributed by atoms with Crippen LogP contribution in [-0.4, -0.2) is 21.0 Å². The van der Waals surface area contributed by atoms with Crippen molar-refractivity contribution in [3.05, 3.63) is 42.6 Å². The predicted octanol–water partition coefficient (Wildman–Crippen LogP) is 3.31. The first-order valence-corrected chi connectivity index (χ1v) is 7.58. The Morgan fingerprint density at radius 1 is 1.45 bits per heavy atom. The normalized spacial score (nSPS) is 13.5. The van der Waals surface area contributed by atoms with Crippen LogP contribution in [0.5, 0.6) is 0 Å². The second kappa shape index (κ2) is 6.68. The minimum Gasteiger partial charge on any atom is -0.432 e. The molecule has 1 atom stereocenters. The summed E-state index contributed by atoms with van der Waals surface area (Å²) in [6.07, 6.45) is 9.98. The number of hydrogen-bond donors (Lipinski definition) is 2. The Morgan fingerprint density at radius 3 is 2.77 bits per heavy atom. The highest BCUT2D eigenvalue weighted by Gasteiger charge is 2.21. The molecule has 1 unspecified atom stereocenters. The van der Waals surface area contributed by atoms with E-state index in [1.54, 1.807) is 12.5 Å². The van der Waals surface area contributed by atoms with E-state index in [4.69, 9.17) is 4.42 Å². The third-order valence-electron chi connectivity index (χ3n) is 3.76. The summed E-state index contributed by atoms with van der Waals surface area (Å²) in [6.45, 7) is 10.4. The van der Waals surface area contributed by atoms with Gasteiger partial charge in [0.25, 0.3) is 0 Å². The van der Waals surface area contributed by atoms with Crippen LogP contribution in [0.15, 0.2) is 35.5 Å². The quantitative estimate of drug-likeness (QED) is 0.821. The fraction of sp³-hybridized carbons (Fsp3) is 0.500. The van der Waals surface area contributed by atoms with Gasteiger partial charge in [-0.3, -0.25) is 4.90 Å². The summed E-state index contributed by atoms with van der Waals surface area (Å²) >= 11 is 0. The Morgan fingerprint density at radius 2 is 2.23 bits per heavy atom. The molecular weight excluding hydrogens is 278 g/mol. The number of H-pyrrole nitrogens is 1. The smallest absolute Gasteiger partial charge is 0.301 e. The fourth-order valence-corrected chi connectivity index (χ4v) is 2.08. The molecular formula is C16H25N5O. The Bertz CT molecular complexity index is 600. The highest BCUT2D eigenvalue weighted by atomic mass is 16.4. The highest BCUT2D eigenvalue weighted by Crippen LogP contribution is 2.19. The molecule has 2 rings (SSSR count). The average molecular weight is 303 g/mol. The van der Waals surface area contributed by atoms with Crippen LogP contribution < -0.4 is 10.2 Å². The topological polar surface area (TPSA) is 70.0 Å². The maximum Gasteiger partial charge on any atom is 0.301 e. The number of aromatic nitrogens is 3. The van der Waals surface area contributed by atoms with Crippen molar-refractivity contribution in [1.82, 2.24) is 20.3 Å². The van der Waals surface area contributed by atoms with Gasteiger partial charge in [-0.2, -0.15) is 0 Å². The Kier molecular flexibility index (Phi) is 4.90. The zero-order valence-electron chi connectivity index (χ0n) is 13.9. The molecule has 6 heteroatoms. The predicted molar refractivity (Wildman–Crippen MR) is 87.4 cm³/mol. The maximum absolute atomic E-state index is 5.41. The molecule has 0 saturated carbocycles. The van der Waals surface area contributed by atoms with Crippen molar-refractivity contribution >= 4 is 6.01 Å². The van der Waals surface area contributed by atoms with E-state index in [9.17, 15) is 0 Å². The van der Waals surface area contributed by atoms with E-state index < -0.39 is 0 Å². The number of imidazole rings is 1. The lowest BCUT2D eigenvalue weighted by Gasteiger charge is -2.26. The van der Waals surface area contributed by atoms with E-state index in [2.05, 4.69) is 48.0 Å². The Labute approximate surface area is 131 Å². The van der Waals surface area contributed by atoms with Crippen LogP contribution in [0.2, 0.25) is 0 Å². The van der Waals surface area contributed by atoms with E-state index in [0.29, 0.717) is 12.1 Å². The van der Waals surface area contributed by atoms with Gasteiger partial charge in [-0.05, 0) is 34.1 Å². The van der Waals surface area contributed by atoms with Gasteiger partial charge in [-0.25, -0.2) is 9.97 Å². The molecule has 22 heavy (non-hydrogen) atoms. The maximum atomic E-state index is 5.41. The molecule has 0 bridgehead atoms. The third-order valence-corrected chi connectivity index (χ3v) is 3.76. The molecule has 0 saturated heterocycles. The zero-order valence-corrected chi connectivity index (χ0v) is 13.9. The molecule has 0 amide bonds. The molecule has 120 valence electrons. The minimum absolute atomic E-state index is 0.241. The molecule has 0 aliphatic carbocycles. The number of aryl methyl sites for hydroxylation is 1. The van der Waals surface area contributed by atoms with Gasteiger partial charge in [0.05, 0.1) is 23.6 Å². The van der Waals surface area contributed by atoms with Gasteiger partial charge >= 0.3 is 6.01 Å². The molecule has 0 radical (unpaired) electrons. The molecule has 2 N–H and O–H groups in total. The van der Waals surface area contributed by atoms with Crippen LogP contribution in [0.4, 0.5) is 6.01 Å². The molecule has 0 aromatic carbocycles. The van der Waals surface area contributed by atoms with Crippen molar-refractivity contribution in [2.75, 3.05) is 4.90 Å². The summed E-state index contributed by atoms with van der Waals surface area (Å²) in [7, 11) is 0. The summed E-state index contributed by atoms with van der Waals surface area (Å²) in [4.78, 5) is 13.8. The molecule has 2 aromatic rings. The minimum atomic E-state index is -0.241. The van der Waals surface area contributed by atoms with E-state index in [0.717, 1.165) is 17.9 Å². The number of nitrogens with one attached hydrogen (secondary N) is 2. The molecule has 2 aromatic heterocycles. The van der Waals surface area contributed by atoms with Gasteiger partial charge in [0.1, 0.15) is 12.1 Å². The number of oxazole rings is 1. The van der Waals surface area contributed by atoms with Gasteiger partial charge < -0.3 is 14.7 Å². The van der Waals surface area contributed by atoms with Crippen LogP contribution in [0, 0.1) is 6.92 Å². The summed E-state index contributed by atoms with van der Waals surface area (Å²) in [5, 5.41) is 3.40. The van der Waals surface area contributed by atoms with Gasteiger partial charge in [0, 0.05) is 18.4 Å². The van der Waals surface area contributed by atoms with E-state index in [1.807, 2.05) is 30.4 Å². The van der Waals surface area contributed by atoms with E-state index in [1.165, 1.54) is 0 Å². The van der Waals surface area contributed by atoms with Crippen LogP contribution in [0.1, 0.15) is 45.6 Å². The van der Waals surface area contributed by atoms with E-state index in [-0.39, 0.29) is 5.54 Å². The lowest BCUT2D eigenvalue weighted by atomic mass is 10.0. The number of rotatable bonds is 7. The van der Waals surface area contributed by atoms with E-state index >= 15 is 0 Å². The number of anilines is 1. The largest absolute Gasteiger partial charge is 0.432 e. The van der Waals surface area contributed by atoms with Crippen molar-refractivity contribution in [3.8, 4) is 0 Å². The first-order chi connectivity index (χ1) is 10.4. The van der Waals surface area contributed by atoms with Gasteiger partial charge in [0.2, 0.25) is 0 Å². The van der Waals surface area contributed by atoms with Crippen LogP contribution in [0.3, 0.4) is 0 Å². The number of hydrogen-bond acceptors (Lipinski definition) is 5. The average Bonchev–Trinajstić information content (AvgIpc) is 3.14. The number of nitrogens with zero attached hydrogens (tertiary/aromatic N) is 3. The van der Waals surface area contributed by atoms with Crippen molar-refractivity contribution in [1.29, 1.82) is 0 Å². The Hall–Kier alpha value is -2.24. The molecule has 0 aliphatic rings. The Balaban J connectivity index is 2.08. The van der Waals surface area contributed by atoms with Crippen LogP contribution in [0.25, 0.3) is 0 Å². The van der Waals surface area contributed by atoms with Crippen LogP contribution in [-0.2, 0) is 5.54 Å². The van der Waals surface area contributed by atoms with Gasteiger partial charge in [0.15, 0.2) is 0 Å². The molecule has 0 aliphatic heterocycles. The van der Waals surface area contributed by atoms with Crippen molar-refractivity contribution in [2.45, 2.75) is 52.6 Å². The molecule has 6 nitrogen and oxygen atoms in total. The molecule has 0 spiro atoms. The van der Waals surface area contributed by atoms with Crippen molar-refractivity contribution in [2.24, 2.45) is 0 Å². The summed E-state index contributed by atoms with van der Waals surface area (Å²) in [5.41, 5.74) is 0.802. The summed E-state index contributed by atoms with van der Waals surface area (Å²) in [5.74, 6) is 0.912. The fourth-order valence-electron chi connectivity index (χ4n) is 2.08. The van der Waals surface area contributed by atoms with Crippen LogP contribution >= 0.6 is 0 Å². The SMILES string of the molecule is CCC(C)N(/C=C\NC(C)(C)c1cnc(C)[nH]1)c1ncco1. The second-order valence-electron chi connectivity index (χ2n) is 5.95. The standard InChI is InChI=1S/C16H25N5O/c1-6-12(2)21(15-17-8-10-22-15)9-7-19-16(4,5)14-11-18-13(3)20-14/h7-12,19H,6H2,1-5H3,(H,18,20)/b9-7-. The monoisotopic (exact) mass is 303 g/mol. The highest BCUT2D eigenvalue weighted by molar-refractivity contribution is 5.32. The first kappa shape index (κ1) is 16.1. The molecule has 2 heterocycles. The summed E-state index contributed by atoms with van der Waals surface area (Å²) in [6, 6.07) is 0.900. The van der Waals surface area contributed by atoms with Crippen molar-refractivity contribution < 1.29 is 4.42 Å². The summed E-state index contributed by atoms with van der Waals surface area (Å²) < 4.78 is 5.41. The first-order valence-electron chi connectivity index (χ1n) is 7.58. The molecule has 0 fully saturated rings.